The summed E-state index contributed by atoms with van der Waals surface area (Å²) in [6.07, 6.45) is 1.90. The fourth-order valence-corrected chi connectivity index (χ4v) is 2.61. The van der Waals surface area contributed by atoms with Gasteiger partial charge in [-0.1, -0.05) is 12.1 Å². The van der Waals surface area contributed by atoms with E-state index in [4.69, 9.17) is 4.74 Å². The second-order valence-corrected chi connectivity index (χ2v) is 5.36. The van der Waals surface area contributed by atoms with E-state index in [1.54, 1.807) is 4.90 Å². The van der Waals surface area contributed by atoms with E-state index in [2.05, 4.69) is 5.32 Å². The van der Waals surface area contributed by atoms with Gasteiger partial charge in [-0.2, -0.15) is 0 Å². The molecular weight excluding hydrogens is 270 g/mol. The lowest BCUT2D eigenvalue weighted by Gasteiger charge is -2.17. The van der Waals surface area contributed by atoms with Gasteiger partial charge in [0.15, 0.2) is 0 Å². The molecule has 2 aliphatic rings. The van der Waals surface area contributed by atoms with Gasteiger partial charge in [0.25, 0.3) is 0 Å². The molecule has 2 saturated heterocycles. The second-order valence-electron chi connectivity index (χ2n) is 5.36. The molecule has 0 radical (unpaired) electrons. The average Bonchev–Trinajstić information content (AvgIpc) is 3.14. The van der Waals surface area contributed by atoms with E-state index in [-0.39, 0.29) is 12.1 Å². The molecule has 0 unspecified atom stereocenters. The Kier molecular flexibility index (Phi) is 3.94. The molecule has 0 aromatic heterocycles. The van der Waals surface area contributed by atoms with Crippen LogP contribution in [0.15, 0.2) is 24.3 Å². The SMILES string of the molecule is O=C(Nc1ccc(CN2CCOC2=O)cc1)N1CCCC1. The summed E-state index contributed by atoms with van der Waals surface area (Å²) in [7, 11) is 0. The van der Waals surface area contributed by atoms with E-state index in [9.17, 15) is 9.59 Å². The molecule has 2 fully saturated rings. The van der Waals surface area contributed by atoms with Crippen molar-refractivity contribution in [1.29, 1.82) is 0 Å². The van der Waals surface area contributed by atoms with Gasteiger partial charge < -0.3 is 19.9 Å². The number of carbonyl (C=O) groups excluding carboxylic acids is 2. The molecule has 112 valence electrons. The first kappa shape index (κ1) is 13.7. The van der Waals surface area contributed by atoms with Crippen molar-refractivity contribution in [3.63, 3.8) is 0 Å². The molecule has 6 heteroatoms. The zero-order valence-electron chi connectivity index (χ0n) is 11.9. The number of likely N-dealkylation sites (tertiary alicyclic amines) is 1. The van der Waals surface area contributed by atoms with E-state index in [1.807, 2.05) is 29.2 Å². The Hall–Kier alpha value is -2.24. The first-order valence-corrected chi connectivity index (χ1v) is 7.29. The predicted molar refractivity (Wildman–Crippen MR) is 78.0 cm³/mol. The van der Waals surface area contributed by atoms with Crippen LogP contribution in [-0.4, -0.2) is 48.2 Å². The van der Waals surface area contributed by atoms with Crippen molar-refractivity contribution in [3.05, 3.63) is 29.8 Å². The lowest BCUT2D eigenvalue weighted by atomic mass is 10.2. The average molecular weight is 289 g/mol. The van der Waals surface area contributed by atoms with Crippen molar-refractivity contribution in [2.24, 2.45) is 0 Å². The molecule has 0 saturated carbocycles. The molecule has 6 nitrogen and oxygen atoms in total. The zero-order valence-corrected chi connectivity index (χ0v) is 11.9. The third-order valence-electron chi connectivity index (χ3n) is 3.82. The molecule has 1 aromatic rings. The standard InChI is InChI=1S/C15H19N3O3/c19-14(17-7-1-2-8-17)16-13-5-3-12(4-6-13)11-18-9-10-21-15(18)20/h3-6H,1-2,7-11H2,(H,16,19). The lowest BCUT2D eigenvalue weighted by Crippen LogP contribution is -2.32. The Morgan fingerprint density at radius 3 is 2.48 bits per heavy atom. The van der Waals surface area contributed by atoms with Gasteiger partial charge in [0, 0.05) is 25.3 Å². The van der Waals surface area contributed by atoms with Crippen LogP contribution in [-0.2, 0) is 11.3 Å². The smallest absolute Gasteiger partial charge is 0.410 e. The molecule has 1 N–H and O–H groups in total. The van der Waals surface area contributed by atoms with Gasteiger partial charge in [0.05, 0.1) is 6.54 Å². The minimum Gasteiger partial charge on any atom is -0.448 e. The first-order chi connectivity index (χ1) is 10.2. The Morgan fingerprint density at radius 1 is 1.14 bits per heavy atom. The third kappa shape index (κ3) is 3.26. The molecule has 2 aliphatic heterocycles. The summed E-state index contributed by atoms with van der Waals surface area (Å²) in [4.78, 5) is 26.8. The minimum absolute atomic E-state index is 0.0385. The number of hydrogen-bond acceptors (Lipinski definition) is 3. The number of nitrogens with one attached hydrogen (secondary N) is 1. The van der Waals surface area contributed by atoms with Gasteiger partial charge in [0.1, 0.15) is 6.61 Å². The molecule has 0 aliphatic carbocycles. The molecule has 3 amide bonds. The number of urea groups is 1. The van der Waals surface area contributed by atoms with Gasteiger partial charge in [0.2, 0.25) is 0 Å². The Labute approximate surface area is 123 Å². The second kappa shape index (κ2) is 6.03. The van der Waals surface area contributed by atoms with Gasteiger partial charge in [-0.05, 0) is 30.5 Å². The summed E-state index contributed by atoms with van der Waals surface area (Å²) in [6.45, 7) is 3.30. The van der Waals surface area contributed by atoms with Crippen molar-refractivity contribution in [1.82, 2.24) is 9.80 Å². The van der Waals surface area contributed by atoms with Crippen LogP contribution in [0.4, 0.5) is 15.3 Å². The number of amides is 3. The zero-order chi connectivity index (χ0) is 14.7. The maximum atomic E-state index is 12.0. The topological polar surface area (TPSA) is 61.9 Å². The van der Waals surface area contributed by atoms with Crippen LogP contribution < -0.4 is 5.32 Å². The van der Waals surface area contributed by atoms with Crippen LogP contribution in [0.3, 0.4) is 0 Å². The summed E-state index contributed by atoms with van der Waals surface area (Å²) >= 11 is 0. The minimum atomic E-state index is -0.263. The highest BCUT2D eigenvalue weighted by Crippen LogP contribution is 2.15. The van der Waals surface area contributed by atoms with Crippen molar-refractivity contribution in [2.75, 3.05) is 31.6 Å². The van der Waals surface area contributed by atoms with Crippen LogP contribution in [0.25, 0.3) is 0 Å². The highest BCUT2D eigenvalue weighted by molar-refractivity contribution is 5.89. The Balaban J connectivity index is 1.56. The number of cyclic esters (lactones) is 1. The maximum absolute atomic E-state index is 12.0. The predicted octanol–water partition coefficient (Wildman–Crippen LogP) is 2.27. The Bertz CT molecular complexity index is 523. The molecule has 2 heterocycles. The largest absolute Gasteiger partial charge is 0.448 e. The molecule has 3 rings (SSSR count). The number of anilines is 1. The van der Waals surface area contributed by atoms with Crippen LogP contribution in [0, 0.1) is 0 Å². The molecule has 0 spiro atoms. The summed E-state index contributed by atoms with van der Waals surface area (Å²) in [5, 5.41) is 2.90. The van der Waals surface area contributed by atoms with E-state index < -0.39 is 0 Å². The van der Waals surface area contributed by atoms with E-state index in [1.165, 1.54) is 0 Å². The normalized spacial score (nSPS) is 18.0. The van der Waals surface area contributed by atoms with Gasteiger partial charge in [-0.25, -0.2) is 9.59 Å². The van der Waals surface area contributed by atoms with E-state index in [0.29, 0.717) is 19.7 Å². The third-order valence-corrected chi connectivity index (χ3v) is 3.82. The molecule has 0 bridgehead atoms. The summed E-state index contributed by atoms with van der Waals surface area (Å²) in [5.41, 5.74) is 1.80. The summed E-state index contributed by atoms with van der Waals surface area (Å²) in [5.74, 6) is 0. The molecule has 21 heavy (non-hydrogen) atoms. The highest BCUT2D eigenvalue weighted by Gasteiger charge is 2.22. The fraction of sp³-hybridized carbons (Fsp3) is 0.467. The van der Waals surface area contributed by atoms with Gasteiger partial charge in [-0.15, -0.1) is 0 Å². The van der Waals surface area contributed by atoms with E-state index in [0.717, 1.165) is 37.2 Å². The number of rotatable bonds is 3. The molecular formula is C15H19N3O3. The lowest BCUT2D eigenvalue weighted by molar-refractivity contribution is 0.157. The quantitative estimate of drug-likeness (QED) is 0.928. The number of hydrogen-bond donors (Lipinski definition) is 1. The number of ether oxygens (including phenoxy) is 1. The number of nitrogens with zero attached hydrogens (tertiary/aromatic N) is 2. The van der Waals surface area contributed by atoms with E-state index >= 15 is 0 Å². The van der Waals surface area contributed by atoms with Crippen molar-refractivity contribution < 1.29 is 14.3 Å². The summed E-state index contributed by atoms with van der Waals surface area (Å²) < 4.78 is 4.90. The fourth-order valence-electron chi connectivity index (χ4n) is 2.61. The monoisotopic (exact) mass is 289 g/mol. The maximum Gasteiger partial charge on any atom is 0.410 e. The highest BCUT2D eigenvalue weighted by atomic mass is 16.6. The van der Waals surface area contributed by atoms with Crippen LogP contribution in [0.5, 0.6) is 0 Å². The first-order valence-electron chi connectivity index (χ1n) is 7.29. The number of carbonyl (C=O) groups is 2. The Morgan fingerprint density at radius 2 is 1.86 bits per heavy atom. The number of benzene rings is 1. The van der Waals surface area contributed by atoms with Crippen molar-refractivity contribution in [3.8, 4) is 0 Å². The van der Waals surface area contributed by atoms with Crippen LogP contribution >= 0.6 is 0 Å². The van der Waals surface area contributed by atoms with Gasteiger partial charge >= 0.3 is 12.1 Å². The summed E-state index contributed by atoms with van der Waals surface area (Å²) in [6, 6.07) is 7.54. The van der Waals surface area contributed by atoms with Gasteiger partial charge in [-0.3, -0.25) is 0 Å². The van der Waals surface area contributed by atoms with Crippen molar-refractivity contribution >= 4 is 17.8 Å². The van der Waals surface area contributed by atoms with Crippen molar-refractivity contribution in [2.45, 2.75) is 19.4 Å². The van der Waals surface area contributed by atoms with Crippen LogP contribution in [0.1, 0.15) is 18.4 Å². The molecule has 1 aromatic carbocycles. The van der Waals surface area contributed by atoms with Crippen LogP contribution in [0.2, 0.25) is 0 Å². The molecule has 0 atom stereocenters.